The van der Waals surface area contributed by atoms with Gasteiger partial charge in [0.1, 0.15) is 0 Å². The molecule has 0 unspecified atom stereocenters. The molecule has 3 aromatic rings. The first kappa shape index (κ1) is 12.6. The molecule has 0 spiro atoms. The third kappa shape index (κ3) is 1.89. The minimum atomic E-state index is -3.51. The second-order valence-corrected chi connectivity index (χ2v) is 7.04. The van der Waals surface area contributed by atoms with E-state index in [1.165, 1.54) is 16.8 Å². The standard InChI is InChI=1S/C14H14N4O2S/c19-21(20,14-7-15-9-16-14)18-6-5-13-11(8-18)10-3-1-2-4-12(10)17-13/h1-4,7,9,17H,5-6,8H2,(H,15,16). The number of imidazole rings is 1. The number of sulfonamides is 1. The van der Waals surface area contributed by atoms with Gasteiger partial charge in [0.2, 0.25) is 0 Å². The van der Waals surface area contributed by atoms with Crippen LogP contribution in [0.4, 0.5) is 0 Å². The van der Waals surface area contributed by atoms with Gasteiger partial charge >= 0.3 is 0 Å². The number of hydrogen-bond acceptors (Lipinski definition) is 3. The Bertz CT molecular complexity index is 896. The van der Waals surface area contributed by atoms with Crippen molar-refractivity contribution in [2.75, 3.05) is 6.54 Å². The summed E-state index contributed by atoms with van der Waals surface area (Å²) in [7, 11) is -3.51. The lowest BCUT2D eigenvalue weighted by atomic mass is 10.1. The predicted octanol–water partition coefficient (Wildman–Crippen LogP) is 1.64. The quantitative estimate of drug-likeness (QED) is 0.755. The zero-order valence-electron chi connectivity index (χ0n) is 11.2. The lowest BCUT2D eigenvalue weighted by molar-refractivity contribution is 0.390. The van der Waals surface area contributed by atoms with Crippen molar-refractivity contribution in [2.45, 2.75) is 18.0 Å². The molecule has 0 saturated heterocycles. The number of hydrogen-bond donors (Lipinski definition) is 2. The summed E-state index contributed by atoms with van der Waals surface area (Å²) in [4.78, 5) is 9.86. The number of rotatable bonds is 2. The molecule has 3 heterocycles. The van der Waals surface area contributed by atoms with Gasteiger partial charge < -0.3 is 9.97 Å². The third-order valence-electron chi connectivity index (χ3n) is 3.94. The molecule has 0 fully saturated rings. The largest absolute Gasteiger partial charge is 0.358 e. The molecule has 2 aromatic heterocycles. The molecule has 0 aliphatic carbocycles. The van der Waals surface area contributed by atoms with E-state index in [0.717, 1.165) is 22.2 Å². The average Bonchev–Trinajstić information content (AvgIpc) is 3.14. The normalized spacial score (nSPS) is 16.2. The van der Waals surface area contributed by atoms with E-state index in [4.69, 9.17) is 0 Å². The minimum Gasteiger partial charge on any atom is -0.358 e. The van der Waals surface area contributed by atoms with Crippen LogP contribution in [0, 0.1) is 0 Å². The Balaban J connectivity index is 1.77. The van der Waals surface area contributed by atoms with Crippen LogP contribution in [-0.4, -0.2) is 34.2 Å². The number of para-hydroxylation sites is 1. The Hall–Kier alpha value is -2.12. The average molecular weight is 302 g/mol. The number of aromatic nitrogens is 3. The van der Waals surface area contributed by atoms with E-state index in [1.807, 2.05) is 24.3 Å². The molecule has 0 saturated carbocycles. The van der Waals surface area contributed by atoms with Gasteiger partial charge in [-0.3, -0.25) is 0 Å². The SMILES string of the molecule is O=S(=O)(c1cnc[nH]1)N1CCc2[nH]c3ccccc3c2C1. The van der Waals surface area contributed by atoms with E-state index in [0.29, 0.717) is 19.5 Å². The van der Waals surface area contributed by atoms with Crippen LogP contribution >= 0.6 is 0 Å². The van der Waals surface area contributed by atoms with E-state index in [1.54, 1.807) is 0 Å². The highest BCUT2D eigenvalue weighted by molar-refractivity contribution is 7.89. The molecule has 1 aliphatic rings. The highest BCUT2D eigenvalue weighted by Crippen LogP contribution is 2.29. The smallest absolute Gasteiger partial charge is 0.260 e. The van der Waals surface area contributed by atoms with Crippen LogP contribution in [0.5, 0.6) is 0 Å². The fourth-order valence-corrected chi connectivity index (χ4v) is 4.17. The summed E-state index contributed by atoms with van der Waals surface area (Å²) in [5.74, 6) is 0. The fourth-order valence-electron chi connectivity index (χ4n) is 2.87. The summed E-state index contributed by atoms with van der Waals surface area (Å²) in [5.41, 5.74) is 3.26. The maximum Gasteiger partial charge on any atom is 0.260 e. The maximum atomic E-state index is 12.6. The molecular weight excluding hydrogens is 288 g/mol. The Morgan fingerprint density at radius 2 is 2.10 bits per heavy atom. The highest BCUT2D eigenvalue weighted by atomic mass is 32.2. The molecule has 1 aromatic carbocycles. The summed E-state index contributed by atoms with van der Waals surface area (Å²) in [6.45, 7) is 0.863. The van der Waals surface area contributed by atoms with Crippen molar-refractivity contribution in [1.29, 1.82) is 0 Å². The van der Waals surface area contributed by atoms with E-state index in [2.05, 4.69) is 15.0 Å². The lowest BCUT2D eigenvalue weighted by Gasteiger charge is -2.25. The van der Waals surface area contributed by atoms with Crippen LogP contribution in [0.2, 0.25) is 0 Å². The molecule has 108 valence electrons. The summed E-state index contributed by atoms with van der Waals surface area (Å²) < 4.78 is 26.6. The van der Waals surface area contributed by atoms with Gasteiger partial charge in [-0.25, -0.2) is 13.4 Å². The molecule has 4 rings (SSSR count). The van der Waals surface area contributed by atoms with Gasteiger partial charge in [-0.05, 0) is 11.6 Å². The zero-order valence-corrected chi connectivity index (χ0v) is 12.0. The number of benzene rings is 1. The van der Waals surface area contributed by atoms with Crippen LogP contribution in [-0.2, 0) is 23.0 Å². The first-order valence-corrected chi connectivity index (χ1v) is 8.17. The second kappa shape index (κ2) is 4.44. The summed E-state index contributed by atoms with van der Waals surface area (Å²) >= 11 is 0. The molecule has 0 atom stereocenters. The van der Waals surface area contributed by atoms with Crippen LogP contribution in [0.3, 0.4) is 0 Å². The molecule has 0 bridgehead atoms. The molecule has 1 aliphatic heterocycles. The highest BCUT2D eigenvalue weighted by Gasteiger charge is 2.30. The van der Waals surface area contributed by atoms with Gasteiger partial charge in [0.15, 0.2) is 5.03 Å². The Morgan fingerprint density at radius 1 is 1.24 bits per heavy atom. The van der Waals surface area contributed by atoms with Gasteiger partial charge in [-0.2, -0.15) is 4.31 Å². The van der Waals surface area contributed by atoms with Crippen molar-refractivity contribution < 1.29 is 8.42 Å². The van der Waals surface area contributed by atoms with Crippen molar-refractivity contribution in [3.05, 3.63) is 48.0 Å². The minimum absolute atomic E-state index is 0.144. The zero-order chi connectivity index (χ0) is 14.4. The molecular formula is C14H14N4O2S. The van der Waals surface area contributed by atoms with Crippen LogP contribution < -0.4 is 0 Å². The Labute approximate surface area is 121 Å². The van der Waals surface area contributed by atoms with Crippen molar-refractivity contribution >= 4 is 20.9 Å². The van der Waals surface area contributed by atoms with Gasteiger partial charge in [-0.15, -0.1) is 0 Å². The molecule has 2 N–H and O–H groups in total. The van der Waals surface area contributed by atoms with Gasteiger partial charge in [0, 0.05) is 36.1 Å². The van der Waals surface area contributed by atoms with Crippen molar-refractivity contribution in [3.63, 3.8) is 0 Å². The number of nitrogens with one attached hydrogen (secondary N) is 2. The van der Waals surface area contributed by atoms with Crippen molar-refractivity contribution in [3.8, 4) is 0 Å². The first-order valence-electron chi connectivity index (χ1n) is 6.73. The molecule has 0 amide bonds. The predicted molar refractivity (Wildman–Crippen MR) is 78.2 cm³/mol. The number of fused-ring (bicyclic) bond motifs is 3. The Morgan fingerprint density at radius 3 is 2.90 bits per heavy atom. The summed E-state index contributed by atoms with van der Waals surface area (Å²) in [6, 6.07) is 7.99. The van der Waals surface area contributed by atoms with Crippen molar-refractivity contribution in [1.82, 2.24) is 19.3 Å². The monoisotopic (exact) mass is 302 g/mol. The second-order valence-electron chi connectivity index (χ2n) is 5.13. The topological polar surface area (TPSA) is 81.8 Å². The molecule has 6 nitrogen and oxygen atoms in total. The lowest BCUT2D eigenvalue weighted by Crippen LogP contribution is -2.35. The number of nitrogens with zero attached hydrogens (tertiary/aromatic N) is 2. The van der Waals surface area contributed by atoms with E-state index in [-0.39, 0.29) is 5.03 Å². The van der Waals surface area contributed by atoms with Gasteiger partial charge in [-0.1, -0.05) is 18.2 Å². The van der Waals surface area contributed by atoms with E-state index in [9.17, 15) is 8.42 Å². The molecule has 0 radical (unpaired) electrons. The Kier molecular flexibility index (Phi) is 2.66. The molecule has 21 heavy (non-hydrogen) atoms. The fraction of sp³-hybridized carbons (Fsp3) is 0.214. The van der Waals surface area contributed by atoms with Crippen LogP contribution in [0.1, 0.15) is 11.3 Å². The first-order chi connectivity index (χ1) is 10.2. The summed E-state index contributed by atoms with van der Waals surface area (Å²) in [6.07, 6.45) is 3.42. The van der Waals surface area contributed by atoms with E-state index < -0.39 is 10.0 Å². The number of aromatic amines is 2. The third-order valence-corrected chi connectivity index (χ3v) is 5.71. The summed E-state index contributed by atoms with van der Waals surface area (Å²) in [5, 5.41) is 1.24. The number of H-pyrrole nitrogens is 2. The van der Waals surface area contributed by atoms with Gasteiger partial charge in [0.05, 0.1) is 12.5 Å². The van der Waals surface area contributed by atoms with Gasteiger partial charge in [0.25, 0.3) is 10.0 Å². The van der Waals surface area contributed by atoms with E-state index >= 15 is 0 Å². The molecule has 7 heteroatoms. The van der Waals surface area contributed by atoms with Crippen molar-refractivity contribution in [2.24, 2.45) is 0 Å². The van der Waals surface area contributed by atoms with Crippen LogP contribution in [0.25, 0.3) is 10.9 Å². The van der Waals surface area contributed by atoms with Crippen LogP contribution in [0.15, 0.2) is 41.8 Å². The maximum absolute atomic E-state index is 12.6.